The van der Waals surface area contributed by atoms with E-state index in [1.54, 1.807) is 30.0 Å². The van der Waals surface area contributed by atoms with E-state index in [1.807, 2.05) is 12.1 Å². The number of aromatic nitrogens is 2. The van der Waals surface area contributed by atoms with Crippen molar-refractivity contribution in [2.24, 2.45) is 0 Å². The van der Waals surface area contributed by atoms with Crippen LogP contribution in [0.5, 0.6) is 0 Å². The van der Waals surface area contributed by atoms with Gasteiger partial charge in [-0.25, -0.2) is 0 Å². The lowest BCUT2D eigenvalue weighted by atomic mass is 9.90. The first-order valence-electron chi connectivity index (χ1n) is 9.69. The minimum atomic E-state index is -1.43. The molecule has 1 saturated heterocycles. The van der Waals surface area contributed by atoms with Gasteiger partial charge in [0.25, 0.3) is 0 Å². The Morgan fingerprint density at radius 3 is 2.57 bits per heavy atom. The standard InChI is InChI=1S/C21H23ClN2O5S/c22-14-5-3-11(21-20(28)19(27)18(26)16(10-25)29-21)8-12(14)9-13-4-6-15(24-23-13)17-2-1-7-30-17/h1,3-8,16-21,25-28H,2,9-10H2/t16-,17?,18-,19+,20-,21+/m1/s1. The largest absolute Gasteiger partial charge is 0.394 e. The van der Waals surface area contributed by atoms with Gasteiger partial charge in [-0.15, -0.1) is 11.8 Å². The fourth-order valence-electron chi connectivity index (χ4n) is 3.69. The van der Waals surface area contributed by atoms with E-state index >= 15 is 0 Å². The van der Waals surface area contributed by atoms with Crippen molar-refractivity contribution in [3.05, 3.63) is 69.4 Å². The van der Waals surface area contributed by atoms with Gasteiger partial charge in [-0.3, -0.25) is 0 Å². The summed E-state index contributed by atoms with van der Waals surface area (Å²) in [5, 5.41) is 51.4. The monoisotopic (exact) mass is 450 g/mol. The average Bonchev–Trinajstić information content (AvgIpc) is 3.30. The molecule has 2 aliphatic heterocycles. The quantitative estimate of drug-likeness (QED) is 0.546. The van der Waals surface area contributed by atoms with Crippen LogP contribution in [-0.2, 0) is 11.2 Å². The van der Waals surface area contributed by atoms with E-state index in [0.29, 0.717) is 22.3 Å². The highest BCUT2D eigenvalue weighted by Gasteiger charge is 2.44. The second-order valence-electron chi connectivity index (χ2n) is 7.46. The summed E-state index contributed by atoms with van der Waals surface area (Å²) in [6.45, 7) is -0.474. The Hall–Kier alpha value is -1.52. The molecule has 0 spiro atoms. The molecule has 160 valence electrons. The molecule has 0 amide bonds. The number of ether oxygens (including phenoxy) is 1. The average molecular weight is 451 g/mol. The van der Waals surface area contributed by atoms with Gasteiger partial charge in [0, 0.05) is 11.4 Å². The second kappa shape index (κ2) is 9.32. The molecule has 0 saturated carbocycles. The molecule has 7 nitrogen and oxygen atoms in total. The van der Waals surface area contributed by atoms with Crippen molar-refractivity contribution >= 4 is 23.4 Å². The number of rotatable bonds is 5. The topological polar surface area (TPSA) is 116 Å². The number of nitrogens with zero attached hydrogens (tertiary/aromatic N) is 2. The predicted molar refractivity (Wildman–Crippen MR) is 113 cm³/mol. The van der Waals surface area contributed by atoms with Crippen molar-refractivity contribution in [1.29, 1.82) is 0 Å². The normalized spacial score (nSPS) is 31.2. The summed E-state index contributed by atoms with van der Waals surface area (Å²) < 4.78 is 5.65. The van der Waals surface area contributed by atoms with E-state index in [4.69, 9.17) is 16.3 Å². The molecule has 0 radical (unpaired) electrons. The summed E-state index contributed by atoms with van der Waals surface area (Å²) >= 11 is 8.10. The van der Waals surface area contributed by atoms with Gasteiger partial charge in [0.05, 0.1) is 23.2 Å². The molecule has 1 aromatic carbocycles. The summed E-state index contributed by atoms with van der Waals surface area (Å²) in [4.78, 5) is 0. The van der Waals surface area contributed by atoms with E-state index in [9.17, 15) is 20.4 Å². The Balaban J connectivity index is 1.53. The van der Waals surface area contributed by atoms with Crippen molar-refractivity contribution in [1.82, 2.24) is 10.2 Å². The number of allylic oxidation sites excluding steroid dienone is 1. The fourth-order valence-corrected chi connectivity index (χ4v) is 4.77. The zero-order valence-corrected chi connectivity index (χ0v) is 17.6. The Morgan fingerprint density at radius 2 is 1.90 bits per heavy atom. The van der Waals surface area contributed by atoms with Crippen LogP contribution in [0.1, 0.15) is 40.3 Å². The third-order valence-electron chi connectivity index (χ3n) is 5.42. The van der Waals surface area contributed by atoms with Crippen LogP contribution in [-0.4, -0.2) is 61.6 Å². The Bertz CT molecular complexity index is 903. The third kappa shape index (κ3) is 4.40. The summed E-state index contributed by atoms with van der Waals surface area (Å²) in [5.74, 6) is 0. The maximum atomic E-state index is 10.4. The smallest absolute Gasteiger partial charge is 0.113 e. The van der Waals surface area contributed by atoms with Crippen molar-refractivity contribution in [2.45, 2.75) is 48.6 Å². The molecule has 1 aromatic heterocycles. The Morgan fingerprint density at radius 1 is 1.07 bits per heavy atom. The molecular weight excluding hydrogens is 428 g/mol. The van der Waals surface area contributed by atoms with Crippen LogP contribution in [0.4, 0.5) is 0 Å². The van der Waals surface area contributed by atoms with Gasteiger partial charge in [-0.05, 0) is 41.2 Å². The molecule has 4 N–H and O–H groups in total. The maximum absolute atomic E-state index is 10.4. The lowest BCUT2D eigenvalue weighted by Gasteiger charge is -2.40. The minimum absolute atomic E-state index is 0.310. The molecule has 2 aliphatic rings. The van der Waals surface area contributed by atoms with E-state index in [-0.39, 0.29) is 0 Å². The number of hydrogen-bond acceptors (Lipinski definition) is 8. The number of hydrogen-bond donors (Lipinski definition) is 4. The van der Waals surface area contributed by atoms with E-state index in [2.05, 4.69) is 21.7 Å². The van der Waals surface area contributed by atoms with Crippen molar-refractivity contribution in [2.75, 3.05) is 6.61 Å². The number of halogens is 1. The molecular formula is C21H23ClN2O5S. The highest BCUT2D eigenvalue weighted by Crippen LogP contribution is 2.37. The molecule has 1 unspecified atom stereocenters. The second-order valence-corrected chi connectivity index (χ2v) is 8.98. The van der Waals surface area contributed by atoms with Crippen LogP contribution in [0.3, 0.4) is 0 Å². The van der Waals surface area contributed by atoms with Gasteiger partial charge >= 0.3 is 0 Å². The predicted octanol–water partition coefficient (Wildman–Crippen LogP) is 1.93. The van der Waals surface area contributed by atoms with Crippen LogP contribution in [0.2, 0.25) is 5.02 Å². The molecule has 9 heteroatoms. The van der Waals surface area contributed by atoms with Crippen molar-refractivity contribution < 1.29 is 25.2 Å². The maximum Gasteiger partial charge on any atom is 0.113 e. The van der Waals surface area contributed by atoms with Gasteiger partial charge in [-0.1, -0.05) is 29.8 Å². The zero-order chi connectivity index (χ0) is 21.3. The van der Waals surface area contributed by atoms with E-state index in [1.165, 1.54) is 0 Å². The summed E-state index contributed by atoms with van der Waals surface area (Å²) in [6.07, 6.45) is -2.52. The number of aliphatic hydroxyl groups excluding tert-OH is 4. The van der Waals surface area contributed by atoms with Crippen molar-refractivity contribution in [3.8, 4) is 0 Å². The molecule has 2 aromatic rings. The fraction of sp³-hybridized carbons (Fsp3) is 0.429. The van der Waals surface area contributed by atoms with Crippen LogP contribution in [0.25, 0.3) is 0 Å². The zero-order valence-electron chi connectivity index (χ0n) is 16.0. The first-order valence-corrected chi connectivity index (χ1v) is 11.0. The summed E-state index contributed by atoms with van der Waals surface area (Å²) in [7, 11) is 0. The molecule has 0 aliphatic carbocycles. The summed E-state index contributed by atoms with van der Waals surface area (Å²) in [5.41, 5.74) is 3.05. The first kappa shape index (κ1) is 21.7. The molecule has 3 heterocycles. The number of aliphatic hydroxyl groups is 4. The van der Waals surface area contributed by atoms with Gasteiger partial charge in [0.2, 0.25) is 0 Å². The SMILES string of the molecule is OC[C@H]1O[C@@H](c2ccc(Cl)c(Cc3ccc(C4CC=CS4)nn3)c2)[C@H](O)[C@@H](O)[C@@H]1O. The molecule has 0 bridgehead atoms. The third-order valence-corrected chi connectivity index (χ3v) is 6.90. The summed E-state index contributed by atoms with van der Waals surface area (Å²) in [6, 6.07) is 9.07. The molecule has 4 rings (SSSR count). The highest BCUT2D eigenvalue weighted by molar-refractivity contribution is 8.02. The highest BCUT2D eigenvalue weighted by atomic mass is 35.5. The van der Waals surface area contributed by atoms with Crippen LogP contribution in [0, 0.1) is 0 Å². The Labute approximate surface area is 183 Å². The van der Waals surface area contributed by atoms with Gasteiger partial charge in [0.15, 0.2) is 0 Å². The molecule has 1 fully saturated rings. The van der Waals surface area contributed by atoms with E-state index in [0.717, 1.165) is 23.4 Å². The van der Waals surface area contributed by atoms with Gasteiger partial charge < -0.3 is 25.2 Å². The van der Waals surface area contributed by atoms with Crippen LogP contribution in [0.15, 0.2) is 41.8 Å². The van der Waals surface area contributed by atoms with Crippen molar-refractivity contribution in [3.63, 3.8) is 0 Å². The first-order chi connectivity index (χ1) is 14.5. The number of thioether (sulfide) groups is 1. The number of benzene rings is 1. The van der Waals surface area contributed by atoms with Crippen LogP contribution < -0.4 is 0 Å². The van der Waals surface area contributed by atoms with Gasteiger partial charge in [-0.2, -0.15) is 10.2 Å². The lowest BCUT2D eigenvalue weighted by molar-refractivity contribution is -0.231. The molecule has 6 atom stereocenters. The lowest BCUT2D eigenvalue weighted by Crippen LogP contribution is -2.55. The Kier molecular flexibility index (Phi) is 6.74. The van der Waals surface area contributed by atoms with Crippen LogP contribution >= 0.6 is 23.4 Å². The minimum Gasteiger partial charge on any atom is -0.394 e. The van der Waals surface area contributed by atoms with Gasteiger partial charge in [0.1, 0.15) is 30.5 Å². The van der Waals surface area contributed by atoms with E-state index < -0.39 is 37.1 Å². The molecule has 30 heavy (non-hydrogen) atoms.